The number of aliphatic hydroxyl groups is 1. The summed E-state index contributed by atoms with van der Waals surface area (Å²) >= 11 is 1.35. The Labute approximate surface area is 148 Å². The predicted molar refractivity (Wildman–Crippen MR) is 98.2 cm³/mol. The summed E-state index contributed by atoms with van der Waals surface area (Å²) in [6.07, 6.45) is -0.483. The van der Waals surface area contributed by atoms with Crippen LogP contribution in [0.15, 0.2) is 45.1 Å². The Kier molecular flexibility index (Phi) is 4.82. The molecule has 0 radical (unpaired) electrons. The third-order valence-electron chi connectivity index (χ3n) is 3.96. The maximum Gasteiger partial charge on any atom is 0.332 e. The fraction of sp³-hybridized carbons (Fsp3) is 0.353. The number of hydrogen-bond donors (Lipinski definition) is 1. The number of aliphatic hydroxyl groups excluding tert-OH is 1. The molecule has 0 aliphatic carbocycles. The molecule has 3 aromatic rings. The Morgan fingerprint density at radius 3 is 2.48 bits per heavy atom. The molecule has 0 amide bonds. The third-order valence-corrected chi connectivity index (χ3v) is 5.23. The lowest BCUT2D eigenvalue weighted by atomic mass is 10.2. The highest BCUT2D eigenvalue weighted by atomic mass is 32.2. The lowest BCUT2D eigenvalue weighted by Crippen LogP contribution is -2.39. The molecule has 0 spiro atoms. The minimum absolute atomic E-state index is 0.212. The first kappa shape index (κ1) is 17.5. The van der Waals surface area contributed by atoms with Crippen molar-refractivity contribution >= 4 is 22.9 Å². The zero-order valence-corrected chi connectivity index (χ0v) is 15.2. The third kappa shape index (κ3) is 3.27. The van der Waals surface area contributed by atoms with E-state index in [-0.39, 0.29) is 12.1 Å². The Morgan fingerprint density at radius 1 is 1.16 bits per heavy atom. The molecule has 0 aliphatic rings. The second-order valence-corrected chi connectivity index (χ2v) is 6.99. The van der Waals surface area contributed by atoms with Gasteiger partial charge in [-0.25, -0.2) is 9.78 Å². The number of thioether (sulfide) groups is 1. The minimum atomic E-state index is -0.483. The first-order valence-corrected chi connectivity index (χ1v) is 8.89. The van der Waals surface area contributed by atoms with Crippen LogP contribution >= 0.6 is 11.8 Å². The SMILES string of the molecule is C[C@H](O)CSc1nc2c(c(=O)n(Cc3ccccc3)c(=O)n2C)n1C. The van der Waals surface area contributed by atoms with Crippen molar-refractivity contribution < 1.29 is 5.11 Å². The van der Waals surface area contributed by atoms with Crippen LogP contribution < -0.4 is 11.2 Å². The molecule has 0 aliphatic heterocycles. The highest BCUT2D eigenvalue weighted by Crippen LogP contribution is 2.20. The zero-order chi connectivity index (χ0) is 18.1. The first-order valence-electron chi connectivity index (χ1n) is 7.91. The summed E-state index contributed by atoms with van der Waals surface area (Å²) in [6, 6.07) is 9.39. The van der Waals surface area contributed by atoms with Crippen molar-refractivity contribution in [2.45, 2.75) is 24.7 Å². The van der Waals surface area contributed by atoms with E-state index in [1.165, 1.54) is 20.9 Å². The van der Waals surface area contributed by atoms with E-state index >= 15 is 0 Å². The topological polar surface area (TPSA) is 82.1 Å². The summed E-state index contributed by atoms with van der Waals surface area (Å²) in [7, 11) is 3.36. The van der Waals surface area contributed by atoms with Crippen LogP contribution in [0.5, 0.6) is 0 Å². The molecule has 0 bridgehead atoms. The van der Waals surface area contributed by atoms with Crippen molar-refractivity contribution in [2.75, 3.05) is 5.75 Å². The number of fused-ring (bicyclic) bond motifs is 1. The van der Waals surface area contributed by atoms with E-state index in [0.29, 0.717) is 22.1 Å². The van der Waals surface area contributed by atoms with Gasteiger partial charge in [0.15, 0.2) is 16.3 Å². The Bertz CT molecular complexity index is 1020. The standard InChI is InChI=1S/C17H20N4O3S/c1-11(22)10-25-16-18-14-13(19(16)2)15(23)21(17(24)20(14)3)9-12-7-5-4-6-8-12/h4-8,11,22H,9-10H2,1-3H3/t11-/m0/s1. The highest BCUT2D eigenvalue weighted by molar-refractivity contribution is 7.99. The van der Waals surface area contributed by atoms with Crippen molar-refractivity contribution in [1.29, 1.82) is 0 Å². The summed E-state index contributed by atoms with van der Waals surface area (Å²) in [5, 5.41) is 10.1. The van der Waals surface area contributed by atoms with Crippen molar-refractivity contribution in [3.05, 3.63) is 56.7 Å². The molecule has 0 fully saturated rings. The Balaban J connectivity index is 2.15. The number of rotatable bonds is 5. The normalized spacial score (nSPS) is 12.6. The maximum atomic E-state index is 12.9. The van der Waals surface area contributed by atoms with Crippen LogP contribution in [0.3, 0.4) is 0 Å². The van der Waals surface area contributed by atoms with Crippen LogP contribution in [0.4, 0.5) is 0 Å². The lowest BCUT2D eigenvalue weighted by Gasteiger charge is -2.08. The molecule has 1 atom stereocenters. The Hall–Kier alpha value is -2.32. The predicted octanol–water partition coefficient (Wildman–Crippen LogP) is 0.955. The van der Waals surface area contributed by atoms with Gasteiger partial charge < -0.3 is 9.67 Å². The summed E-state index contributed by atoms with van der Waals surface area (Å²) in [4.78, 5) is 30.0. The number of benzene rings is 1. The average molecular weight is 360 g/mol. The monoisotopic (exact) mass is 360 g/mol. The molecular weight excluding hydrogens is 340 g/mol. The first-order chi connectivity index (χ1) is 11.9. The fourth-order valence-corrected chi connectivity index (χ4v) is 3.48. The summed E-state index contributed by atoms with van der Waals surface area (Å²) in [5.41, 5.74) is 0.861. The molecule has 0 saturated heterocycles. The summed E-state index contributed by atoms with van der Waals surface area (Å²) in [6.45, 7) is 1.90. The molecule has 1 N–H and O–H groups in total. The van der Waals surface area contributed by atoms with Crippen LogP contribution in [0.2, 0.25) is 0 Å². The number of hydrogen-bond acceptors (Lipinski definition) is 5. The van der Waals surface area contributed by atoms with Crippen LogP contribution in [0.25, 0.3) is 11.2 Å². The number of imidazole rings is 1. The molecule has 8 heteroatoms. The molecule has 25 heavy (non-hydrogen) atoms. The molecule has 0 saturated carbocycles. The Morgan fingerprint density at radius 2 is 1.84 bits per heavy atom. The van der Waals surface area contributed by atoms with E-state index in [2.05, 4.69) is 4.98 Å². The molecule has 3 rings (SSSR count). The van der Waals surface area contributed by atoms with Crippen LogP contribution in [-0.2, 0) is 20.6 Å². The van der Waals surface area contributed by atoms with Gasteiger partial charge >= 0.3 is 5.69 Å². The van der Waals surface area contributed by atoms with Crippen molar-refractivity contribution in [1.82, 2.24) is 18.7 Å². The van der Waals surface area contributed by atoms with E-state index in [0.717, 1.165) is 5.56 Å². The smallest absolute Gasteiger partial charge is 0.332 e. The van der Waals surface area contributed by atoms with Gasteiger partial charge in [0.05, 0.1) is 12.6 Å². The molecule has 132 valence electrons. The van der Waals surface area contributed by atoms with Gasteiger partial charge in [-0.05, 0) is 12.5 Å². The number of aryl methyl sites for hydroxylation is 2. The molecular formula is C17H20N4O3S. The maximum absolute atomic E-state index is 12.9. The van der Waals surface area contributed by atoms with E-state index in [1.807, 2.05) is 30.3 Å². The molecule has 1 aromatic carbocycles. The molecule has 0 unspecified atom stereocenters. The highest BCUT2D eigenvalue weighted by Gasteiger charge is 2.19. The van der Waals surface area contributed by atoms with Gasteiger partial charge in [-0.15, -0.1) is 0 Å². The summed E-state index contributed by atoms with van der Waals surface area (Å²) < 4.78 is 4.31. The van der Waals surface area contributed by atoms with Crippen molar-refractivity contribution in [3.63, 3.8) is 0 Å². The quantitative estimate of drug-likeness (QED) is 0.685. The van der Waals surface area contributed by atoms with Crippen molar-refractivity contribution in [3.8, 4) is 0 Å². The van der Waals surface area contributed by atoms with Gasteiger partial charge in [-0.3, -0.25) is 13.9 Å². The van der Waals surface area contributed by atoms with Gasteiger partial charge in [-0.1, -0.05) is 42.1 Å². The second-order valence-electron chi connectivity index (χ2n) is 6.00. The number of nitrogens with zero attached hydrogens (tertiary/aromatic N) is 4. The minimum Gasteiger partial charge on any atom is -0.393 e. The van der Waals surface area contributed by atoms with Crippen LogP contribution in [0.1, 0.15) is 12.5 Å². The van der Waals surface area contributed by atoms with E-state index in [1.54, 1.807) is 25.6 Å². The van der Waals surface area contributed by atoms with Gasteiger partial charge in [-0.2, -0.15) is 0 Å². The largest absolute Gasteiger partial charge is 0.393 e. The van der Waals surface area contributed by atoms with E-state index in [9.17, 15) is 14.7 Å². The van der Waals surface area contributed by atoms with Gasteiger partial charge in [0.25, 0.3) is 5.56 Å². The fourth-order valence-electron chi connectivity index (χ4n) is 2.65. The van der Waals surface area contributed by atoms with Gasteiger partial charge in [0.2, 0.25) is 0 Å². The second kappa shape index (κ2) is 6.89. The van der Waals surface area contributed by atoms with Crippen LogP contribution in [-0.4, -0.2) is 35.6 Å². The average Bonchev–Trinajstić information content (AvgIpc) is 2.93. The van der Waals surface area contributed by atoms with Gasteiger partial charge in [0, 0.05) is 19.8 Å². The van der Waals surface area contributed by atoms with Gasteiger partial charge in [0.1, 0.15) is 0 Å². The van der Waals surface area contributed by atoms with E-state index < -0.39 is 11.8 Å². The van der Waals surface area contributed by atoms with Crippen molar-refractivity contribution in [2.24, 2.45) is 14.1 Å². The zero-order valence-electron chi connectivity index (χ0n) is 14.3. The molecule has 2 aromatic heterocycles. The lowest BCUT2D eigenvalue weighted by molar-refractivity contribution is 0.220. The number of aromatic nitrogens is 4. The molecule has 7 nitrogen and oxygen atoms in total. The van der Waals surface area contributed by atoms with E-state index in [4.69, 9.17) is 0 Å². The molecule has 2 heterocycles. The van der Waals surface area contributed by atoms with Crippen LogP contribution in [0, 0.1) is 0 Å². The summed E-state index contributed by atoms with van der Waals surface area (Å²) in [5.74, 6) is 0.462.